The highest BCUT2D eigenvalue weighted by atomic mass is 79.9. The summed E-state index contributed by atoms with van der Waals surface area (Å²) in [7, 11) is 0. The predicted molar refractivity (Wildman–Crippen MR) is 89.4 cm³/mol. The van der Waals surface area contributed by atoms with Gasteiger partial charge in [-0.1, -0.05) is 29.8 Å². The van der Waals surface area contributed by atoms with Crippen molar-refractivity contribution in [3.8, 4) is 0 Å². The zero-order chi connectivity index (χ0) is 14.1. The van der Waals surface area contributed by atoms with Crippen molar-refractivity contribution >= 4 is 50.3 Å². The minimum Gasteiger partial charge on any atom is -0.358 e. The first kappa shape index (κ1) is 13.4. The highest BCUT2D eigenvalue weighted by molar-refractivity contribution is 9.10. The molecule has 0 saturated carbocycles. The van der Waals surface area contributed by atoms with Gasteiger partial charge in [-0.2, -0.15) is 0 Å². The molecule has 0 aliphatic rings. The van der Waals surface area contributed by atoms with Crippen LogP contribution in [0.2, 0.25) is 5.02 Å². The summed E-state index contributed by atoms with van der Waals surface area (Å²) in [6.45, 7) is 2.05. The molecule has 0 spiro atoms. The molecule has 0 aliphatic carbocycles. The van der Waals surface area contributed by atoms with Crippen LogP contribution in [0.3, 0.4) is 0 Å². The van der Waals surface area contributed by atoms with Gasteiger partial charge in [-0.15, -0.1) is 0 Å². The molecule has 3 rings (SSSR count). The number of aromatic nitrogens is 1. The highest BCUT2D eigenvalue weighted by Crippen LogP contribution is 2.27. The van der Waals surface area contributed by atoms with E-state index in [0.29, 0.717) is 5.02 Å². The van der Waals surface area contributed by atoms with Crippen LogP contribution in [-0.2, 0) is 0 Å². The van der Waals surface area contributed by atoms with Crippen molar-refractivity contribution < 1.29 is 0 Å². The molecule has 1 heterocycles. The van der Waals surface area contributed by atoms with Gasteiger partial charge in [0.25, 0.3) is 0 Å². The number of para-hydroxylation sites is 1. The molecule has 2 aromatic carbocycles. The fourth-order valence-electron chi connectivity index (χ4n) is 2.17. The number of fused-ring (bicyclic) bond motifs is 1. The van der Waals surface area contributed by atoms with E-state index in [4.69, 9.17) is 11.6 Å². The Balaban J connectivity index is 2.02. The molecule has 0 bridgehead atoms. The van der Waals surface area contributed by atoms with E-state index in [1.807, 2.05) is 36.5 Å². The lowest BCUT2D eigenvalue weighted by molar-refractivity contribution is 1.29. The monoisotopic (exact) mass is 346 g/mol. The molecule has 0 saturated heterocycles. The number of rotatable bonds is 2. The minimum absolute atomic E-state index is 0.662. The average molecular weight is 348 g/mol. The first-order valence-corrected chi connectivity index (χ1v) is 7.38. The Labute approximate surface area is 130 Å². The first-order chi connectivity index (χ1) is 9.65. The number of nitrogens with one attached hydrogen (secondary N) is 1. The van der Waals surface area contributed by atoms with Crippen molar-refractivity contribution in [1.29, 1.82) is 0 Å². The Hall–Kier alpha value is -1.58. The molecular weight excluding hydrogens is 336 g/mol. The summed E-state index contributed by atoms with van der Waals surface area (Å²) < 4.78 is 0.876. The van der Waals surface area contributed by atoms with E-state index in [1.165, 1.54) is 5.39 Å². The summed E-state index contributed by atoms with van der Waals surface area (Å²) in [6, 6.07) is 13.9. The van der Waals surface area contributed by atoms with Crippen molar-refractivity contribution in [3.63, 3.8) is 0 Å². The minimum atomic E-state index is 0.662. The second-order valence-electron chi connectivity index (χ2n) is 4.57. The van der Waals surface area contributed by atoms with Crippen LogP contribution >= 0.6 is 27.5 Å². The summed E-state index contributed by atoms with van der Waals surface area (Å²) in [5.41, 5.74) is 4.18. The highest BCUT2D eigenvalue weighted by Gasteiger charge is 2.05. The van der Waals surface area contributed by atoms with Gasteiger partial charge in [-0.3, -0.25) is 4.99 Å². The van der Waals surface area contributed by atoms with Crippen molar-refractivity contribution in [2.45, 2.75) is 6.92 Å². The number of hydrogen-bond acceptors (Lipinski definition) is 1. The number of benzene rings is 2. The number of H-pyrrole nitrogens is 1. The maximum atomic E-state index is 6.07. The molecule has 3 aromatic rings. The fraction of sp³-hybridized carbons (Fsp3) is 0.0625. The standard InChI is InChI=1S/C16H12BrClN2/c1-10-13(12-4-2-3-5-16(12)20-10)9-19-11-6-7-14(17)15(18)8-11/h2-9,20H,1H3. The topological polar surface area (TPSA) is 28.1 Å². The summed E-state index contributed by atoms with van der Waals surface area (Å²) in [5, 5.41) is 1.84. The van der Waals surface area contributed by atoms with E-state index in [-0.39, 0.29) is 0 Å². The predicted octanol–water partition coefficient (Wildman–Crippen LogP) is 5.64. The number of aryl methyl sites for hydroxylation is 1. The Kier molecular flexibility index (Phi) is 3.64. The lowest BCUT2D eigenvalue weighted by atomic mass is 10.1. The van der Waals surface area contributed by atoms with Gasteiger partial charge < -0.3 is 4.98 Å². The molecule has 0 unspecified atom stereocenters. The van der Waals surface area contributed by atoms with E-state index < -0.39 is 0 Å². The van der Waals surface area contributed by atoms with Gasteiger partial charge in [0.1, 0.15) is 0 Å². The smallest absolute Gasteiger partial charge is 0.0645 e. The number of halogens is 2. The van der Waals surface area contributed by atoms with Crippen LogP contribution in [0.1, 0.15) is 11.3 Å². The summed E-state index contributed by atoms with van der Waals surface area (Å²) in [4.78, 5) is 7.87. The van der Waals surface area contributed by atoms with Gasteiger partial charge in [0.05, 0.1) is 10.7 Å². The zero-order valence-electron chi connectivity index (χ0n) is 10.8. The molecule has 4 heteroatoms. The van der Waals surface area contributed by atoms with Crippen LogP contribution in [-0.4, -0.2) is 11.2 Å². The van der Waals surface area contributed by atoms with Crippen LogP contribution < -0.4 is 0 Å². The Bertz CT molecular complexity index is 805. The third-order valence-corrected chi connectivity index (χ3v) is 4.42. The fourth-order valence-corrected chi connectivity index (χ4v) is 2.59. The second-order valence-corrected chi connectivity index (χ2v) is 5.83. The maximum absolute atomic E-state index is 6.07. The molecule has 20 heavy (non-hydrogen) atoms. The number of aromatic amines is 1. The maximum Gasteiger partial charge on any atom is 0.0645 e. The van der Waals surface area contributed by atoms with Gasteiger partial charge in [0.15, 0.2) is 0 Å². The van der Waals surface area contributed by atoms with Gasteiger partial charge in [0, 0.05) is 32.8 Å². The van der Waals surface area contributed by atoms with Crippen LogP contribution in [0.4, 0.5) is 5.69 Å². The van der Waals surface area contributed by atoms with E-state index in [2.05, 4.69) is 45.0 Å². The quantitative estimate of drug-likeness (QED) is 0.581. The van der Waals surface area contributed by atoms with Gasteiger partial charge in [-0.05, 0) is 47.1 Å². The molecule has 100 valence electrons. The molecule has 0 radical (unpaired) electrons. The van der Waals surface area contributed by atoms with Crippen LogP contribution in [0, 0.1) is 6.92 Å². The lowest BCUT2D eigenvalue weighted by Crippen LogP contribution is -1.82. The molecule has 1 N–H and O–H groups in total. The lowest BCUT2D eigenvalue weighted by Gasteiger charge is -1.98. The Morgan fingerprint density at radius 1 is 1.20 bits per heavy atom. The van der Waals surface area contributed by atoms with Gasteiger partial charge >= 0.3 is 0 Å². The summed E-state index contributed by atoms with van der Waals surface area (Å²) >= 11 is 9.45. The van der Waals surface area contributed by atoms with E-state index in [1.54, 1.807) is 0 Å². The first-order valence-electron chi connectivity index (χ1n) is 6.21. The van der Waals surface area contributed by atoms with Crippen LogP contribution in [0.15, 0.2) is 51.9 Å². The second kappa shape index (κ2) is 5.43. The largest absolute Gasteiger partial charge is 0.358 e. The van der Waals surface area contributed by atoms with Crippen LogP contribution in [0.25, 0.3) is 10.9 Å². The molecule has 0 amide bonds. The Morgan fingerprint density at radius 3 is 2.80 bits per heavy atom. The molecule has 2 nitrogen and oxygen atoms in total. The van der Waals surface area contributed by atoms with Gasteiger partial charge in [-0.25, -0.2) is 0 Å². The average Bonchev–Trinajstić information content (AvgIpc) is 2.76. The third-order valence-electron chi connectivity index (χ3n) is 3.19. The number of nitrogens with zero attached hydrogens (tertiary/aromatic N) is 1. The van der Waals surface area contributed by atoms with Crippen LogP contribution in [0.5, 0.6) is 0 Å². The van der Waals surface area contributed by atoms with Crippen molar-refractivity contribution in [1.82, 2.24) is 4.98 Å². The summed E-state index contributed by atoms with van der Waals surface area (Å²) in [5.74, 6) is 0. The zero-order valence-corrected chi connectivity index (χ0v) is 13.2. The molecule has 0 fully saturated rings. The molecule has 0 aliphatic heterocycles. The molecule has 1 aromatic heterocycles. The van der Waals surface area contributed by atoms with E-state index >= 15 is 0 Å². The summed E-state index contributed by atoms with van der Waals surface area (Å²) in [6.07, 6.45) is 1.88. The number of aliphatic imine (C=N–C) groups is 1. The van der Waals surface area contributed by atoms with E-state index in [0.717, 1.165) is 26.9 Å². The van der Waals surface area contributed by atoms with Crippen molar-refractivity contribution in [2.24, 2.45) is 4.99 Å². The van der Waals surface area contributed by atoms with Crippen molar-refractivity contribution in [2.75, 3.05) is 0 Å². The number of hydrogen-bond donors (Lipinski definition) is 1. The third kappa shape index (κ3) is 2.51. The molecular formula is C16H12BrClN2. The molecule has 0 atom stereocenters. The van der Waals surface area contributed by atoms with Gasteiger partial charge in [0.2, 0.25) is 0 Å². The normalized spacial score (nSPS) is 11.6. The SMILES string of the molecule is Cc1[nH]c2ccccc2c1C=Nc1ccc(Br)c(Cl)c1. The van der Waals surface area contributed by atoms with E-state index in [9.17, 15) is 0 Å². The Morgan fingerprint density at radius 2 is 2.00 bits per heavy atom. The van der Waals surface area contributed by atoms with Crippen molar-refractivity contribution in [3.05, 3.63) is 63.2 Å².